The number of cyclic esters (lactones) is 4. The third-order valence-corrected chi connectivity index (χ3v) is 6.15. The van der Waals surface area contributed by atoms with Crippen molar-refractivity contribution in [3.05, 3.63) is 70.8 Å². The summed E-state index contributed by atoms with van der Waals surface area (Å²) >= 11 is 0. The third-order valence-electron chi connectivity index (χ3n) is 6.15. The summed E-state index contributed by atoms with van der Waals surface area (Å²) in [5.41, 5.74) is 1.38. The van der Waals surface area contributed by atoms with Gasteiger partial charge in [0.2, 0.25) is 0 Å². The molecule has 0 radical (unpaired) electrons. The highest BCUT2D eigenvalue weighted by Crippen LogP contribution is 2.45. The van der Waals surface area contributed by atoms with Crippen molar-refractivity contribution in [3.63, 3.8) is 0 Å². The molecule has 0 spiro atoms. The average Bonchev–Trinajstić information content (AvgIpc) is 2.81. The molecule has 0 amide bonds. The van der Waals surface area contributed by atoms with E-state index in [1.807, 2.05) is 38.1 Å². The van der Waals surface area contributed by atoms with Crippen molar-refractivity contribution in [2.45, 2.75) is 13.8 Å². The van der Waals surface area contributed by atoms with E-state index in [1.165, 1.54) is 0 Å². The highest BCUT2D eigenvalue weighted by atomic mass is 16.6. The third kappa shape index (κ3) is 2.03. The number of benzene rings is 5. The second kappa shape index (κ2) is 6.11. The molecule has 2 aliphatic heterocycles. The summed E-state index contributed by atoms with van der Waals surface area (Å²) in [6, 6.07) is 13.9. The van der Waals surface area contributed by atoms with Crippen molar-refractivity contribution < 1.29 is 28.7 Å². The number of fused-ring (bicyclic) bond motifs is 2. The zero-order valence-electron chi connectivity index (χ0n) is 17.1. The largest absolute Gasteiger partial charge is 0.386 e. The molecular weight excluding hydrogens is 408 g/mol. The lowest BCUT2D eigenvalue weighted by atomic mass is 9.83. The van der Waals surface area contributed by atoms with Crippen molar-refractivity contribution in [2.24, 2.45) is 0 Å². The minimum atomic E-state index is -0.666. The van der Waals surface area contributed by atoms with Gasteiger partial charge in [-0.2, -0.15) is 0 Å². The first kappa shape index (κ1) is 18.4. The highest BCUT2D eigenvalue weighted by molar-refractivity contribution is 6.39. The number of rotatable bonds is 0. The van der Waals surface area contributed by atoms with Gasteiger partial charge < -0.3 is 9.47 Å². The van der Waals surface area contributed by atoms with Gasteiger partial charge in [-0.1, -0.05) is 38.1 Å². The second-order valence-corrected chi connectivity index (χ2v) is 7.50. The normalized spacial score (nSPS) is 14.7. The van der Waals surface area contributed by atoms with Crippen LogP contribution in [0.15, 0.2) is 48.5 Å². The van der Waals surface area contributed by atoms with Gasteiger partial charge in [0.1, 0.15) is 0 Å². The van der Waals surface area contributed by atoms with E-state index < -0.39 is 23.9 Å². The van der Waals surface area contributed by atoms with Crippen LogP contribution < -0.4 is 0 Å². The average molecular weight is 422 g/mol. The summed E-state index contributed by atoms with van der Waals surface area (Å²) in [5, 5.41) is 6.03. The fourth-order valence-corrected chi connectivity index (χ4v) is 4.96. The van der Waals surface area contributed by atoms with Gasteiger partial charge in [0, 0.05) is 10.8 Å². The first-order valence-corrected chi connectivity index (χ1v) is 10.3. The van der Waals surface area contributed by atoms with Gasteiger partial charge in [-0.25, -0.2) is 19.2 Å². The number of carbonyl (C=O) groups excluding carboxylic acids is 4. The topological polar surface area (TPSA) is 86.7 Å². The molecule has 2 heterocycles. The van der Waals surface area contributed by atoms with Crippen LogP contribution in [-0.2, 0) is 9.47 Å². The van der Waals surface area contributed by atoms with Gasteiger partial charge >= 0.3 is 23.9 Å². The predicted octanol–water partition coefficient (Wildman–Crippen LogP) is 5.38. The molecule has 0 N–H and O–H groups in total. The van der Waals surface area contributed by atoms with Gasteiger partial charge in [0.05, 0.1) is 22.3 Å². The van der Waals surface area contributed by atoms with E-state index in [1.54, 1.807) is 24.3 Å². The first-order chi connectivity index (χ1) is 15.5. The van der Waals surface area contributed by atoms with E-state index in [9.17, 15) is 19.2 Å². The highest BCUT2D eigenvalue weighted by Gasteiger charge is 2.32. The minimum absolute atomic E-state index is 0.345. The number of esters is 4. The van der Waals surface area contributed by atoms with Gasteiger partial charge in [-0.15, -0.1) is 0 Å². The van der Waals surface area contributed by atoms with Crippen LogP contribution in [0, 0.1) is 0 Å². The van der Waals surface area contributed by atoms with E-state index in [-0.39, 0.29) is 0 Å². The number of ether oxygens (including phenoxy) is 2. The van der Waals surface area contributed by atoms with Gasteiger partial charge in [0.25, 0.3) is 0 Å². The monoisotopic (exact) mass is 422 g/mol. The second-order valence-electron chi connectivity index (χ2n) is 7.50. The Morgan fingerprint density at radius 2 is 0.656 bits per heavy atom. The van der Waals surface area contributed by atoms with Crippen LogP contribution in [0.4, 0.5) is 0 Å². The Morgan fingerprint density at radius 3 is 0.906 bits per heavy atom. The minimum Gasteiger partial charge on any atom is -0.386 e. The van der Waals surface area contributed by atoms with Gasteiger partial charge in [-0.05, 0) is 56.6 Å². The van der Waals surface area contributed by atoms with E-state index in [0.717, 1.165) is 32.3 Å². The molecule has 6 heteroatoms. The number of hydrogen-bond acceptors (Lipinski definition) is 6. The van der Waals surface area contributed by atoms with Crippen LogP contribution in [-0.4, -0.2) is 23.9 Å². The molecule has 0 bridgehead atoms. The Hall–Kier alpha value is -4.32. The van der Waals surface area contributed by atoms with Crippen molar-refractivity contribution in [1.82, 2.24) is 0 Å². The van der Waals surface area contributed by atoms with E-state index in [0.29, 0.717) is 33.0 Å². The number of hydrogen-bond donors (Lipinski definition) is 0. The van der Waals surface area contributed by atoms with E-state index >= 15 is 0 Å². The van der Waals surface area contributed by atoms with Crippen LogP contribution in [0.5, 0.6) is 0 Å². The maximum absolute atomic E-state index is 12.3. The lowest BCUT2D eigenvalue weighted by Gasteiger charge is -2.22. The molecule has 32 heavy (non-hydrogen) atoms. The van der Waals surface area contributed by atoms with E-state index in [4.69, 9.17) is 9.47 Å². The molecule has 7 rings (SSSR count). The molecule has 0 saturated carbocycles. The molecule has 0 fully saturated rings. The zero-order valence-corrected chi connectivity index (χ0v) is 17.1. The van der Waals surface area contributed by atoms with Crippen LogP contribution in [0.25, 0.3) is 43.1 Å². The van der Waals surface area contributed by atoms with Crippen LogP contribution in [0.2, 0.25) is 0 Å². The van der Waals surface area contributed by atoms with Crippen molar-refractivity contribution in [1.29, 1.82) is 0 Å². The zero-order chi connectivity index (χ0) is 22.3. The number of carbonyl (C=O) groups is 4. The molecule has 2 aliphatic rings. The Morgan fingerprint density at radius 1 is 0.406 bits per heavy atom. The van der Waals surface area contributed by atoms with Crippen LogP contribution in [0.1, 0.15) is 55.3 Å². The Balaban J connectivity index is 0.000000953. The molecule has 0 atom stereocenters. The van der Waals surface area contributed by atoms with Gasteiger partial charge in [-0.3, -0.25) is 0 Å². The Bertz CT molecular complexity index is 1470. The first-order valence-electron chi connectivity index (χ1n) is 10.3. The van der Waals surface area contributed by atoms with Gasteiger partial charge in [0.15, 0.2) is 0 Å². The molecule has 154 valence electrons. The summed E-state index contributed by atoms with van der Waals surface area (Å²) < 4.78 is 9.74. The van der Waals surface area contributed by atoms with Crippen LogP contribution in [0.3, 0.4) is 0 Å². The van der Waals surface area contributed by atoms with Crippen molar-refractivity contribution in [3.8, 4) is 0 Å². The molecule has 5 aromatic carbocycles. The summed E-state index contributed by atoms with van der Waals surface area (Å²) in [4.78, 5) is 49.3. The van der Waals surface area contributed by atoms with Crippen molar-refractivity contribution >= 4 is 67.0 Å². The molecule has 0 aromatic heterocycles. The summed E-state index contributed by atoms with van der Waals surface area (Å²) in [6.45, 7) is 4.00. The smallest absolute Gasteiger partial charge is 0.346 e. The maximum atomic E-state index is 12.3. The molecule has 0 aliphatic carbocycles. The lowest BCUT2D eigenvalue weighted by molar-refractivity contribution is 0.0373. The van der Waals surface area contributed by atoms with Crippen molar-refractivity contribution in [2.75, 3.05) is 0 Å². The predicted molar refractivity (Wildman–Crippen MR) is 118 cm³/mol. The molecule has 5 aromatic rings. The fourth-order valence-electron chi connectivity index (χ4n) is 4.96. The summed E-state index contributed by atoms with van der Waals surface area (Å²) in [5.74, 6) is -2.66. The van der Waals surface area contributed by atoms with E-state index in [2.05, 4.69) is 0 Å². The van der Waals surface area contributed by atoms with Crippen LogP contribution >= 0.6 is 0 Å². The molecule has 6 nitrogen and oxygen atoms in total. The molecule has 0 saturated heterocycles. The fraction of sp³-hybridized carbons (Fsp3) is 0.0769. The molecular formula is C26H14O6. The summed E-state index contributed by atoms with van der Waals surface area (Å²) in [7, 11) is 0. The quantitative estimate of drug-likeness (QED) is 0.144. The summed E-state index contributed by atoms with van der Waals surface area (Å²) in [6.07, 6.45) is 0. The maximum Gasteiger partial charge on any atom is 0.346 e. The standard InChI is InChI=1S/C24H8O6.C2H6/c25-21-13-5-1-9-10-2-6-15-20-16(24(28)30-23(15)27)8-4-12(18(10)20)11-3-7-14(22(26)29-21)19(13)17(9)11;1-2/h1-8H;1-2H3. The SMILES string of the molecule is CC.O=C1OC(=O)c2ccc3c4ccc5c6c(ccc(c7ccc1c2c73)c64)C(=O)OC5=O. The lowest BCUT2D eigenvalue weighted by Crippen LogP contribution is -2.20. The Kier molecular flexibility index (Phi) is 3.52. The Labute approximate surface area is 180 Å². The molecule has 0 unspecified atom stereocenters.